The van der Waals surface area contributed by atoms with Crippen LogP contribution in [0.2, 0.25) is 0 Å². The summed E-state index contributed by atoms with van der Waals surface area (Å²) < 4.78 is 17.6. The fraction of sp³-hybridized carbons (Fsp3) is 0.0714. The van der Waals surface area contributed by atoms with E-state index in [2.05, 4.69) is 25.6 Å². The minimum absolute atomic E-state index is 0.233. The molecule has 0 spiro atoms. The molecule has 0 radical (unpaired) electrons. The van der Waals surface area contributed by atoms with Gasteiger partial charge in [0.25, 0.3) is 0 Å². The van der Waals surface area contributed by atoms with Gasteiger partial charge in [-0.15, -0.1) is 0 Å². The molecule has 0 aliphatic carbocycles. The van der Waals surface area contributed by atoms with Gasteiger partial charge in [0, 0.05) is 12.2 Å². The molecule has 0 bridgehead atoms. The average molecular weight is 286 g/mol. The minimum Gasteiger partial charge on any atom is -0.334 e. The van der Waals surface area contributed by atoms with Crippen LogP contribution >= 0.6 is 0 Å². The third kappa shape index (κ3) is 3.14. The molecule has 0 atom stereocenters. The number of amides is 2. The lowest BCUT2D eigenvalue weighted by atomic mass is 10.2. The fourth-order valence-corrected chi connectivity index (χ4v) is 1.86. The van der Waals surface area contributed by atoms with E-state index in [1.807, 2.05) is 0 Å². The Kier molecular flexibility index (Phi) is 3.46. The van der Waals surface area contributed by atoms with E-state index in [9.17, 15) is 9.18 Å². The SMILES string of the molecule is O=C(NCc1cccc(F)c1)Nc1ccc2nonc2c1. The van der Waals surface area contributed by atoms with Crippen LogP contribution in [0.4, 0.5) is 14.9 Å². The van der Waals surface area contributed by atoms with Crippen molar-refractivity contribution in [2.24, 2.45) is 0 Å². The van der Waals surface area contributed by atoms with E-state index in [4.69, 9.17) is 0 Å². The minimum atomic E-state index is -0.393. The number of rotatable bonds is 3. The highest BCUT2D eigenvalue weighted by molar-refractivity contribution is 5.91. The van der Waals surface area contributed by atoms with Gasteiger partial charge in [-0.25, -0.2) is 13.8 Å². The first-order chi connectivity index (χ1) is 10.2. The molecule has 21 heavy (non-hydrogen) atoms. The van der Waals surface area contributed by atoms with Crippen molar-refractivity contribution in [3.05, 3.63) is 53.8 Å². The highest BCUT2D eigenvalue weighted by Gasteiger charge is 2.05. The number of nitrogens with one attached hydrogen (secondary N) is 2. The van der Waals surface area contributed by atoms with Crippen LogP contribution in [0.1, 0.15) is 5.56 Å². The van der Waals surface area contributed by atoms with Gasteiger partial charge in [0.05, 0.1) is 0 Å². The quantitative estimate of drug-likeness (QED) is 0.775. The molecule has 0 fully saturated rings. The molecular formula is C14H11FN4O2. The topological polar surface area (TPSA) is 80.0 Å². The molecule has 0 aliphatic rings. The maximum atomic E-state index is 13.0. The normalized spacial score (nSPS) is 10.5. The highest BCUT2D eigenvalue weighted by atomic mass is 19.1. The number of carbonyl (C=O) groups is 1. The third-order valence-electron chi connectivity index (χ3n) is 2.85. The van der Waals surface area contributed by atoms with E-state index in [1.165, 1.54) is 12.1 Å². The monoisotopic (exact) mass is 286 g/mol. The Hall–Kier alpha value is -2.96. The number of hydrogen-bond donors (Lipinski definition) is 2. The molecule has 0 saturated carbocycles. The van der Waals surface area contributed by atoms with Crippen molar-refractivity contribution in [1.29, 1.82) is 0 Å². The molecule has 6 nitrogen and oxygen atoms in total. The van der Waals surface area contributed by atoms with Crippen LogP contribution in [0.5, 0.6) is 0 Å². The summed E-state index contributed by atoms with van der Waals surface area (Å²) in [6, 6.07) is 10.7. The van der Waals surface area contributed by atoms with Crippen molar-refractivity contribution in [3.8, 4) is 0 Å². The molecule has 0 unspecified atom stereocenters. The van der Waals surface area contributed by atoms with E-state index < -0.39 is 6.03 Å². The number of benzene rings is 2. The van der Waals surface area contributed by atoms with E-state index >= 15 is 0 Å². The van der Waals surface area contributed by atoms with Gasteiger partial charge in [0.15, 0.2) is 0 Å². The molecule has 7 heteroatoms. The highest BCUT2D eigenvalue weighted by Crippen LogP contribution is 2.15. The predicted octanol–water partition coefficient (Wildman–Crippen LogP) is 2.68. The van der Waals surface area contributed by atoms with E-state index in [0.717, 1.165) is 0 Å². The average Bonchev–Trinajstić information content (AvgIpc) is 2.93. The summed E-state index contributed by atoms with van der Waals surface area (Å²) in [6.07, 6.45) is 0. The van der Waals surface area contributed by atoms with Gasteiger partial charge in [-0.1, -0.05) is 12.1 Å². The summed E-state index contributed by atoms with van der Waals surface area (Å²) >= 11 is 0. The molecule has 2 aromatic carbocycles. The zero-order valence-electron chi connectivity index (χ0n) is 10.8. The summed E-state index contributed by atoms with van der Waals surface area (Å²) in [6.45, 7) is 0.233. The summed E-state index contributed by atoms with van der Waals surface area (Å²) in [5, 5.41) is 12.7. The number of urea groups is 1. The maximum Gasteiger partial charge on any atom is 0.319 e. The molecule has 1 aromatic heterocycles. The Morgan fingerprint density at radius 2 is 2.00 bits per heavy atom. The van der Waals surface area contributed by atoms with Crippen LogP contribution in [0.15, 0.2) is 47.1 Å². The lowest BCUT2D eigenvalue weighted by Gasteiger charge is -2.07. The number of hydrogen-bond acceptors (Lipinski definition) is 4. The Morgan fingerprint density at radius 3 is 2.86 bits per heavy atom. The van der Waals surface area contributed by atoms with Crippen LogP contribution in [0.25, 0.3) is 11.0 Å². The van der Waals surface area contributed by atoms with Gasteiger partial charge in [-0.3, -0.25) is 0 Å². The summed E-state index contributed by atoms with van der Waals surface area (Å²) in [5.41, 5.74) is 2.41. The number of fused-ring (bicyclic) bond motifs is 1. The molecular weight excluding hydrogens is 275 g/mol. The molecule has 2 amide bonds. The van der Waals surface area contributed by atoms with Crippen molar-refractivity contribution < 1.29 is 13.8 Å². The van der Waals surface area contributed by atoms with Gasteiger partial charge in [0.2, 0.25) is 0 Å². The van der Waals surface area contributed by atoms with E-state index in [-0.39, 0.29) is 12.4 Å². The largest absolute Gasteiger partial charge is 0.334 e. The molecule has 0 aliphatic heterocycles. The van der Waals surface area contributed by atoms with Gasteiger partial charge in [-0.2, -0.15) is 0 Å². The van der Waals surface area contributed by atoms with Crippen LogP contribution in [0, 0.1) is 5.82 Å². The lowest BCUT2D eigenvalue weighted by molar-refractivity contribution is 0.251. The first-order valence-electron chi connectivity index (χ1n) is 6.22. The van der Waals surface area contributed by atoms with Gasteiger partial charge in [0.1, 0.15) is 16.9 Å². The molecule has 1 heterocycles. The molecule has 106 valence electrons. The van der Waals surface area contributed by atoms with E-state index in [0.29, 0.717) is 22.3 Å². The Balaban J connectivity index is 1.60. The van der Waals surface area contributed by atoms with Gasteiger partial charge < -0.3 is 10.6 Å². The van der Waals surface area contributed by atoms with Crippen molar-refractivity contribution in [1.82, 2.24) is 15.6 Å². The standard InChI is InChI=1S/C14H11FN4O2/c15-10-3-1-2-9(6-10)8-16-14(20)17-11-4-5-12-13(7-11)19-21-18-12/h1-7H,8H2,(H2,16,17,20). The maximum absolute atomic E-state index is 13.0. The predicted molar refractivity (Wildman–Crippen MR) is 74.1 cm³/mol. The Morgan fingerprint density at radius 1 is 1.14 bits per heavy atom. The number of halogens is 1. The zero-order valence-corrected chi connectivity index (χ0v) is 10.8. The van der Waals surface area contributed by atoms with E-state index in [1.54, 1.807) is 30.3 Å². The summed E-state index contributed by atoms with van der Waals surface area (Å²) in [4.78, 5) is 11.8. The van der Waals surface area contributed by atoms with Gasteiger partial charge >= 0.3 is 6.03 Å². The second-order valence-electron chi connectivity index (χ2n) is 4.41. The van der Waals surface area contributed by atoms with Crippen molar-refractivity contribution in [2.45, 2.75) is 6.54 Å². The lowest BCUT2D eigenvalue weighted by Crippen LogP contribution is -2.28. The molecule has 2 N–H and O–H groups in total. The second kappa shape index (κ2) is 5.58. The summed E-state index contributed by atoms with van der Waals surface area (Å²) in [5.74, 6) is -0.335. The molecule has 0 saturated heterocycles. The Labute approximate surface area is 118 Å². The molecule has 3 rings (SSSR count). The first-order valence-corrected chi connectivity index (χ1v) is 6.22. The van der Waals surface area contributed by atoms with Gasteiger partial charge in [-0.05, 0) is 46.2 Å². The smallest absolute Gasteiger partial charge is 0.319 e. The Bertz CT molecular complexity index is 787. The number of nitrogens with zero attached hydrogens (tertiary/aromatic N) is 2. The van der Waals surface area contributed by atoms with Crippen LogP contribution in [0.3, 0.4) is 0 Å². The number of anilines is 1. The van der Waals surface area contributed by atoms with Crippen LogP contribution < -0.4 is 10.6 Å². The van der Waals surface area contributed by atoms with Crippen molar-refractivity contribution in [3.63, 3.8) is 0 Å². The number of aromatic nitrogens is 2. The number of carbonyl (C=O) groups excluding carboxylic acids is 1. The zero-order chi connectivity index (χ0) is 14.7. The summed E-state index contributed by atoms with van der Waals surface area (Å²) in [7, 11) is 0. The van der Waals surface area contributed by atoms with Crippen molar-refractivity contribution in [2.75, 3.05) is 5.32 Å². The van der Waals surface area contributed by atoms with Crippen molar-refractivity contribution >= 4 is 22.8 Å². The van der Waals surface area contributed by atoms with Crippen LogP contribution in [-0.4, -0.2) is 16.3 Å². The molecule has 3 aromatic rings. The first kappa shape index (κ1) is 13.0. The van der Waals surface area contributed by atoms with Crippen LogP contribution in [-0.2, 0) is 6.54 Å². The fourth-order valence-electron chi connectivity index (χ4n) is 1.86. The third-order valence-corrected chi connectivity index (χ3v) is 2.85. The second-order valence-corrected chi connectivity index (χ2v) is 4.41.